The summed E-state index contributed by atoms with van der Waals surface area (Å²) in [7, 11) is 0. The van der Waals surface area contributed by atoms with Crippen molar-refractivity contribution >= 4 is 11.7 Å². The molecule has 0 amide bonds. The molecule has 20 heavy (non-hydrogen) atoms. The van der Waals surface area contributed by atoms with E-state index in [-0.39, 0.29) is 18.9 Å². The van der Waals surface area contributed by atoms with Crippen molar-refractivity contribution in [1.82, 2.24) is 0 Å². The van der Waals surface area contributed by atoms with Crippen LogP contribution in [0.2, 0.25) is 0 Å². The number of rotatable bonds is 6. The fraction of sp³-hybridized carbons (Fsp3) is 0.462. The number of hydrogen-bond acceptors (Lipinski definition) is 6. The molecule has 1 atom stereocenters. The van der Waals surface area contributed by atoms with Gasteiger partial charge in [-0.3, -0.25) is 14.9 Å². The Kier molecular flexibility index (Phi) is 5.45. The van der Waals surface area contributed by atoms with Crippen molar-refractivity contribution in [3.05, 3.63) is 33.4 Å². The number of aryl methyl sites for hydroxylation is 2. The van der Waals surface area contributed by atoms with E-state index in [4.69, 9.17) is 15.2 Å². The molecule has 0 bridgehead atoms. The molecule has 0 radical (unpaired) electrons. The van der Waals surface area contributed by atoms with Gasteiger partial charge in [0.15, 0.2) is 0 Å². The van der Waals surface area contributed by atoms with E-state index in [1.165, 1.54) is 6.07 Å². The summed E-state index contributed by atoms with van der Waals surface area (Å²) in [6.07, 6.45) is 0. The van der Waals surface area contributed by atoms with Crippen molar-refractivity contribution < 1.29 is 19.2 Å². The van der Waals surface area contributed by atoms with Crippen LogP contribution in [0.5, 0.6) is 5.75 Å². The molecule has 0 aliphatic heterocycles. The van der Waals surface area contributed by atoms with Crippen molar-refractivity contribution in [3.8, 4) is 5.75 Å². The molecule has 0 heterocycles. The van der Waals surface area contributed by atoms with Crippen LogP contribution in [0.25, 0.3) is 0 Å². The zero-order valence-corrected chi connectivity index (χ0v) is 11.7. The number of nitro groups is 1. The highest BCUT2D eigenvalue weighted by Crippen LogP contribution is 2.28. The van der Waals surface area contributed by atoms with Gasteiger partial charge in [0.1, 0.15) is 18.4 Å². The third kappa shape index (κ3) is 3.92. The van der Waals surface area contributed by atoms with Gasteiger partial charge in [-0.25, -0.2) is 0 Å². The minimum Gasteiger partial charge on any atom is -0.491 e. The van der Waals surface area contributed by atoms with Crippen molar-refractivity contribution in [2.75, 3.05) is 13.2 Å². The summed E-state index contributed by atoms with van der Waals surface area (Å²) in [6, 6.07) is 2.07. The molecule has 0 spiro atoms. The topological polar surface area (TPSA) is 105 Å². The quantitative estimate of drug-likeness (QED) is 0.481. The lowest BCUT2D eigenvalue weighted by Gasteiger charge is -2.14. The van der Waals surface area contributed by atoms with Crippen LogP contribution in [-0.2, 0) is 9.53 Å². The van der Waals surface area contributed by atoms with Crippen molar-refractivity contribution in [2.24, 2.45) is 5.73 Å². The van der Waals surface area contributed by atoms with Crippen LogP contribution in [0.15, 0.2) is 12.1 Å². The molecular weight excluding hydrogens is 264 g/mol. The second-order valence-corrected chi connectivity index (χ2v) is 4.33. The van der Waals surface area contributed by atoms with Crippen LogP contribution in [0.1, 0.15) is 18.1 Å². The summed E-state index contributed by atoms with van der Waals surface area (Å²) >= 11 is 0. The van der Waals surface area contributed by atoms with Crippen LogP contribution in [0.4, 0.5) is 5.69 Å². The highest BCUT2D eigenvalue weighted by Gasteiger charge is 2.18. The van der Waals surface area contributed by atoms with Gasteiger partial charge < -0.3 is 15.2 Å². The van der Waals surface area contributed by atoms with Gasteiger partial charge in [-0.2, -0.15) is 0 Å². The summed E-state index contributed by atoms with van der Waals surface area (Å²) in [5.74, 6) is -0.228. The van der Waals surface area contributed by atoms with E-state index >= 15 is 0 Å². The van der Waals surface area contributed by atoms with E-state index in [0.717, 1.165) is 5.56 Å². The molecule has 2 N–H and O–H groups in total. The van der Waals surface area contributed by atoms with Crippen molar-refractivity contribution in [1.29, 1.82) is 0 Å². The predicted octanol–water partition coefficient (Wildman–Crippen LogP) is 1.48. The van der Waals surface area contributed by atoms with Crippen molar-refractivity contribution in [3.63, 3.8) is 0 Å². The van der Waals surface area contributed by atoms with Gasteiger partial charge in [-0.15, -0.1) is 0 Å². The molecule has 7 heteroatoms. The van der Waals surface area contributed by atoms with E-state index in [0.29, 0.717) is 11.3 Å². The van der Waals surface area contributed by atoms with E-state index in [1.807, 2.05) is 0 Å². The largest absolute Gasteiger partial charge is 0.491 e. The molecule has 0 aliphatic carbocycles. The van der Waals surface area contributed by atoms with Gasteiger partial charge >= 0.3 is 5.97 Å². The maximum atomic E-state index is 11.3. The molecule has 1 aromatic rings. The van der Waals surface area contributed by atoms with Crippen LogP contribution in [0, 0.1) is 24.0 Å². The molecule has 1 aromatic carbocycles. The molecule has 0 aliphatic rings. The van der Waals surface area contributed by atoms with Gasteiger partial charge in [0.2, 0.25) is 0 Å². The fourth-order valence-corrected chi connectivity index (χ4v) is 1.67. The molecule has 110 valence electrons. The number of nitrogens with two attached hydrogens (primary N) is 1. The Morgan fingerprint density at radius 1 is 1.40 bits per heavy atom. The minimum absolute atomic E-state index is 0.0321. The van der Waals surface area contributed by atoms with Gasteiger partial charge in [-0.1, -0.05) is 0 Å². The zero-order chi connectivity index (χ0) is 15.3. The number of carbonyl (C=O) groups is 1. The molecule has 0 fully saturated rings. The monoisotopic (exact) mass is 282 g/mol. The van der Waals surface area contributed by atoms with Crippen LogP contribution >= 0.6 is 0 Å². The highest BCUT2D eigenvalue weighted by molar-refractivity contribution is 5.75. The number of nitro benzene ring substituents is 1. The first-order chi connectivity index (χ1) is 9.36. The molecule has 1 unspecified atom stereocenters. The van der Waals surface area contributed by atoms with E-state index in [9.17, 15) is 14.9 Å². The third-order valence-corrected chi connectivity index (χ3v) is 2.70. The lowest BCUT2D eigenvalue weighted by molar-refractivity contribution is -0.385. The average Bonchev–Trinajstić information content (AvgIpc) is 2.37. The maximum Gasteiger partial charge on any atom is 0.326 e. The molecule has 0 saturated heterocycles. The Morgan fingerprint density at radius 2 is 2.05 bits per heavy atom. The number of nitrogens with zero attached hydrogens (tertiary/aromatic N) is 1. The number of ether oxygens (including phenoxy) is 2. The average molecular weight is 282 g/mol. The summed E-state index contributed by atoms with van der Waals surface area (Å²) < 4.78 is 10.1. The first-order valence-electron chi connectivity index (χ1n) is 6.17. The zero-order valence-electron chi connectivity index (χ0n) is 11.7. The minimum atomic E-state index is -0.922. The molecule has 7 nitrogen and oxygen atoms in total. The summed E-state index contributed by atoms with van der Waals surface area (Å²) in [6.45, 7) is 5.24. The summed E-state index contributed by atoms with van der Waals surface area (Å²) in [5, 5.41) is 10.9. The van der Waals surface area contributed by atoms with Crippen LogP contribution in [0.3, 0.4) is 0 Å². The van der Waals surface area contributed by atoms with Gasteiger partial charge in [-0.05, 0) is 32.4 Å². The fourth-order valence-electron chi connectivity index (χ4n) is 1.67. The number of carbonyl (C=O) groups excluding carboxylic acids is 1. The second kappa shape index (κ2) is 6.85. The smallest absolute Gasteiger partial charge is 0.326 e. The van der Waals surface area contributed by atoms with Gasteiger partial charge in [0.05, 0.1) is 17.6 Å². The number of hydrogen-bond donors (Lipinski definition) is 1. The Labute approximate surface area is 116 Å². The lowest BCUT2D eigenvalue weighted by atomic mass is 10.1. The maximum absolute atomic E-state index is 11.3. The van der Waals surface area contributed by atoms with Gasteiger partial charge in [0, 0.05) is 5.56 Å². The Balaban J connectivity index is 2.80. The third-order valence-electron chi connectivity index (χ3n) is 2.70. The summed E-state index contributed by atoms with van der Waals surface area (Å²) in [5.41, 5.74) is 6.85. The summed E-state index contributed by atoms with van der Waals surface area (Å²) in [4.78, 5) is 21.7. The Morgan fingerprint density at radius 3 is 2.60 bits per heavy atom. The van der Waals surface area contributed by atoms with Crippen molar-refractivity contribution in [2.45, 2.75) is 26.8 Å². The lowest BCUT2D eigenvalue weighted by Crippen LogP contribution is -2.37. The molecule has 0 saturated carbocycles. The van der Waals surface area contributed by atoms with E-state index < -0.39 is 16.9 Å². The number of esters is 1. The van der Waals surface area contributed by atoms with Crippen LogP contribution in [-0.4, -0.2) is 30.1 Å². The number of benzene rings is 1. The molecule has 0 aromatic heterocycles. The van der Waals surface area contributed by atoms with E-state index in [1.54, 1.807) is 26.8 Å². The Bertz CT molecular complexity index is 516. The highest BCUT2D eigenvalue weighted by atomic mass is 16.6. The predicted molar refractivity (Wildman–Crippen MR) is 72.7 cm³/mol. The molecule has 1 rings (SSSR count). The molecular formula is C13H18N2O5. The van der Waals surface area contributed by atoms with Gasteiger partial charge in [0.25, 0.3) is 5.69 Å². The Hall–Kier alpha value is -2.15. The first kappa shape index (κ1) is 15.9. The van der Waals surface area contributed by atoms with E-state index in [2.05, 4.69) is 0 Å². The standard InChI is InChI=1S/C13H18N2O5/c1-4-19-13(16)10(14)7-20-12-6-11(15(17)18)8(2)5-9(12)3/h5-6,10H,4,7,14H2,1-3H3. The normalized spacial score (nSPS) is 11.8. The SMILES string of the molecule is CCOC(=O)C(N)COc1cc([N+](=O)[O-])c(C)cc1C. The second-order valence-electron chi connectivity index (χ2n) is 4.33. The van der Waals surface area contributed by atoms with Crippen LogP contribution < -0.4 is 10.5 Å². The first-order valence-corrected chi connectivity index (χ1v) is 6.17.